The highest BCUT2D eigenvalue weighted by Crippen LogP contribution is 2.17. The highest BCUT2D eigenvalue weighted by Gasteiger charge is 2.12. The Hall–Kier alpha value is -1.63. The van der Waals surface area contributed by atoms with E-state index in [0.717, 1.165) is 17.1 Å². The van der Waals surface area contributed by atoms with E-state index in [4.69, 9.17) is 0 Å². The Morgan fingerprint density at radius 1 is 1.11 bits per heavy atom. The molecule has 0 saturated carbocycles. The van der Waals surface area contributed by atoms with Gasteiger partial charge in [0.2, 0.25) is 0 Å². The monoisotopic (exact) mass is 268 g/mol. The molecular weight excluding hydrogens is 252 g/mol. The van der Waals surface area contributed by atoms with E-state index in [1.54, 1.807) is 11.3 Å². The molecule has 1 aliphatic rings. The predicted octanol–water partition coefficient (Wildman–Crippen LogP) is 3.14. The second-order valence-corrected chi connectivity index (χ2v) is 5.85. The van der Waals surface area contributed by atoms with Crippen LogP contribution in [0.4, 0.5) is 0 Å². The zero-order chi connectivity index (χ0) is 12.9. The third-order valence-electron chi connectivity index (χ3n) is 3.22. The number of hydrogen-bond donors (Lipinski definition) is 0. The van der Waals surface area contributed by atoms with Crippen LogP contribution in [0.25, 0.3) is 0 Å². The zero-order valence-corrected chi connectivity index (χ0v) is 11.6. The average Bonchev–Trinajstić information content (AvgIpc) is 3.10. The lowest BCUT2D eigenvalue weighted by Gasteiger charge is -2.11. The van der Waals surface area contributed by atoms with Gasteiger partial charge in [-0.05, 0) is 44.0 Å². The van der Waals surface area contributed by atoms with Crippen LogP contribution in [-0.4, -0.2) is 23.0 Å². The van der Waals surface area contributed by atoms with E-state index in [1.807, 2.05) is 36.5 Å². The largest absolute Gasteiger partial charge is 0.298 e. The first-order valence-corrected chi connectivity index (χ1v) is 7.46. The number of hydrogen-bond acceptors (Lipinski definition) is 3. The average molecular weight is 268 g/mol. The first kappa shape index (κ1) is 12.4. The number of rotatable bonds is 2. The van der Waals surface area contributed by atoms with Crippen LogP contribution in [0.5, 0.6) is 0 Å². The van der Waals surface area contributed by atoms with Crippen molar-refractivity contribution >= 4 is 11.3 Å². The Morgan fingerprint density at radius 3 is 2.68 bits per heavy atom. The molecule has 2 nitrogen and oxygen atoms in total. The second-order valence-electron chi connectivity index (χ2n) is 4.73. The van der Waals surface area contributed by atoms with Gasteiger partial charge in [-0.2, -0.15) is 0 Å². The number of nitrogens with zero attached hydrogens (tertiary/aromatic N) is 2. The minimum absolute atomic E-state index is 0.915. The summed E-state index contributed by atoms with van der Waals surface area (Å²) in [4.78, 5) is 8.20. The molecule has 0 N–H and O–H groups in total. The molecule has 0 atom stereocenters. The van der Waals surface area contributed by atoms with Crippen molar-refractivity contribution in [3.63, 3.8) is 0 Å². The van der Waals surface area contributed by atoms with Crippen LogP contribution in [0.15, 0.2) is 36.5 Å². The van der Waals surface area contributed by atoms with Gasteiger partial charge in [0.05, 0.1) is 0 Å². The third-order valence-corrected chi connectivity index (χ3v) is 4.12. The van der Waals surface area contributed by atoms with Gasteiger partial charge in [-0.1, -0.05) is 24.1 Å². The van der Waals surface area contributed by atoms with Gasteiger partial charge in [0, 0.05) is 23.2 Å². The van der Waals surface area contributed by atoms with Gasteiger partial charge in [-0.15, -0.1) is 11.3 Å². The van der Waals surface area contributed by atoms with Crippen molar-refractivity contribution in [2.75, 3.05) is 13.1 Å². The maximum Gasteiger partial charge on any atom is 0.167 e. The molecule has 1 aromatic heterocycles. The van der Waals surface area contributed by atoms with Crippen LogP contribution in [0.1, 0.15) is 28.3 Å². The lowest BCUT2D eigenvalue weighted by molar-refractivity contribution is 0.334. The number of thiazole rings is 1. The highest BCUT2D eigenvalue weighted by molar-refractivity contribution is 7.12. The molecule has 2 heterocycles. The summed E-state index contributed by atoms with van der Waals surface area (Å²) in [5.74, 6) is 6.30. The molecule has 0 bridgehead atoms. The van der Waals surface area contributed by atoms with Crippen molar-refractivity contribution in [1.29, 1.82) is 0 Å². The van der Waals surface area contributed by atoms with Crippen LogP contribution in [0.2, 0.25) is 0 Å². The van der Waals surface area contributed by atoms with Crippen LogP contribution in [-0.2, 0) is 6.54 Å². The lowest BCUT2D eigenvalue weighted by Crippen LogP contribution is -2.17. The summed E-state index contributed by atoms with van der Waals surface area (Å²) in [5.41, 5.74) is 1.04. The molecule has 1 aromatic carbocycles. The van der Waals surface area contributed by atoms with Gasteiger partial charge in [0.15, 0.2) is 5.01 Å². The molecule has 0 radical (unpaired) electrons. The molecule has 1 saturated heterocycles. The summed E-state index contributed by atoms with van der Waals surface area (Å²) in [5, 5.41) is 0.915. The fourth-order valence-electron chi connectivity index (χ4n) is 2.25. The van der Waals surface area contributed by atoms with Crippen LogP contribution in [0, 0.1) is 11.8 Å². The molecule has 3 rings (SSSR count). The Bertz CT molecular complexity index is 586. The Labute approximate surface area is 118 Å². The maximum atomic E-state index is 4.39. The fraction of sp³-hybridized carbons (Fsp3) is 0.312. The molecule has 0 unspecified atom stereocenters. The summed E-state index contributed by atoms with van der Waals surface area (Å²) in [6.45, 7) is 3.48. The second kappa shape index (κ2) is 6.01. The van der Waals surface area contributed by atoms with Gasteiger partial charge in [0.1, 0.15) is 0 Å². The summed E-state index contributed by atoms with van der Waals surface area (Å²) in [6.07, 6.45) is 4.64. The number of likely N-dealkylation sites (tertiary alicyclic amines) is 1. The van der Waals surface area contributed by atoms with Gasteiger partial charge < -0.3 is 0 Å². The third kappa shape index (κ3) is 3.44. The molecule has 0 spiro atoms. The Kier molecular flexibility index (Phi) is 3.92. The molecule has 19 heavy (non-hydrogen) atoms. The smallest absolute Gasteiger partial charge is 0.167 e. The number of aromatic nitrogens is 1. The number of benzene rings is 1. The van der Waals surface area contributed by atoms with E-state index in [9.17, 15) is 0 Å². The molecule has 0 aliphatic carbocycles. The molecule has 1 fully saturated rings. The maximum absolute atomic E-state index is 4.39. The van der Waals surface area contributed by atoms with Crippen molar-refractivity contribution < 1.29 is 0 Å². The van der Waals surface area contributed by atoms with E-state index in [1.165, 1.54) is 30.8 Å². The van der Waals surface area contributed by atoms with Gasteiger partial charge in [0.25, 0.3) is 0 Å². The molecule has 3 heteroatoms. The Balaban J connectivity index is 1.66. The Morgan fingerprint density at radius 2 is 1.89 bits per heavy atom. The van der Waals surface area contributed by atoms with E-state index in [2.05, 4.69) is 21.7 Å². The van der Waals surface area contributed by atoms with E-state index < -0.39 is 0 Å². The molecule has 0 amide bonds. The van der Waals surface area contributed by atoms with Gasteiger partial charge in [-0.25, -0.2) is 4.98 Å². The van der Waals surface area contributed by atoms with Crippen molar-refractivity contribution in [1.82, 2.24) is 9.88 Å². The minimum Gasteiger partial charge on any atom is -0.298 e. The first-order valence-electron chi connectivity index (χ1n) is 6.64. The normalized spacial score (nSPS) is 15.2. The summed E-state index contributed by atoms with van der Waals surface area (Å²) in [7, 11) is 0. The highest BCUT2D eigenvalue weighted by atomic mass is 32.1. The molecule has 2 aromatic rings. The molecule has 1 aliphatic heterocycles. The predicted molar refractivity (Wildman–Crippen MR) is 79.0 cm³/mol. The van der Waals surface area contributed by atoms with Crippen molar-refractivity contribution in [3.8, 4) is 11.8 Å². The summed E-state index contributed by atoms with van der Waals surface area (Å²) in [6, 6.07) is 10.1. The fourth-order valence-corrected chi connectivity index (χ4v) is 3.05. The van der Waals surface area contributed by atoms with Crippen LogP contribution in [0.3, 0.4) is 0 Å². The van der Waals surface area contributed by atoms with E-state index >= 15 is 0 Å². The van der Waals surface area contributed by atoms with E-state index in [-0.39, 0.29) is 0 Å². The quantitative estimate of drug-likeness (QED) is 0.778. The SMILES string of the molecule is C(#Cc1ncc(CN2CCCC2)s1)c1ccccc1. The van der Waals surface area contributed by atoms with Crippen molar-refractivity contribution in [2.24, 2.45) is 0 Å². The first-order chi connectivity index (χ1) is 9.40. The van der Waals surface area contributed by atoms with Crippen LogP contribution < -0.4 is 0 Å². The van der Waals surface area contributed by atoms with Gasteiger partial charge >= 0.3 is 0 Å². The van der Waals surface area contributed by atoms with Crippen molar-refractivity contribution in [2.45, 2.75) is 19.4 Å². The van der Waals surface area contributed by atoms with Crippen LogP contribution >= 0.6 is 11.3 Å². The molecular formula is C16H16N2S. The van der Waals surface area contributed by atoms with Crippen molar-refractivity contribution in [3.05, 3.63) is 52.0 Å². The zero-order valence-electron chi connectivity index (χ0n) is 10.8. The standard InChI is InChI=1S/C16H16N2S/c1-2-6-14(7-3-1)8-9-16-17-12-15(19-16)13-18-10-4-5-11-18/h1-3,6-7,12H,4-5,10-11,13H2. The van der Waals surface area contributed by atoms with E-state index in [0.29, 0.717) is 0 Å². The topological polar surface area (TPSA) is 16.1 Å². The molecule has 96 valence electrons. The minimum atomic E-state index is 0.915. The summed E-state index contributed by atoms with van der Waals surface area (Å²) >= 11 is 1.71. The lowest BCUT2D eigenvalue weighted by atomic mass is 10.2. The summed E-state index contributed by atoms with van der Waals surface area (Å²) < 4.78 is 0. The van der Waals surface area contributed by atoms with Gasteiger partial charge in [-0.3, -0.25) is 4.90 Å².